The van der Waals surface area contributed by atoms with Crippen molar-refractivity contribution in [3.63, 3.8) is 0 Å². The van der Waals surface area contributed by atoms with Crippen molar-refractivity contribution < 1.29 is 9.84 Å². The zero-order chi connectivity index (χ0) is 10.6. The number of aliphatic hydroxyl groups is 1. The minimum absolute atomic E-state index is 0.180. The van der Waals surface area contributed by atoms with Crippen molar-refractivity contribution in [2.75, 3.05) is 13.2 Å². The van der Waals surface area contributed by atoms with Gasteiger partial charge in [0.1, 0.15) is 0 Å². The van der Waals surface area contributed by atoms with Crippen LogP contribution in [0.2, 0.25) is 0 Å². The summed E-state index contributed by atoms with van der Waals surface area (Å²) in [4.78, 5) is 0. The molecule has 0 aromatic carbocycles. The van der Waals surface area contributed by atoms with Gasteiger partial charge in [-0.15, -0.1) is 0 Å². The predicted molar refractivity (Wildman–Crippen MR) is 57.3 cm³/mol. The normalized spacial score (nSPS) is 29.8. The molecule has 3 heteroatoms. The van der Waals surface area contributed by atoms with Crippen LogP contribution in [0.1, 0.15) is 33.6 Å². The largest absolute Gasteiger partial charge is 0.393 e. The van der Waals surface area contributed by atoms with Gasteiger partial charge in [0, 0.05) is 12.6 Å². The molecule has 1 saturated heterocycles. The Labute approximate surface area is 86.8 Å². The summed E-state index contributed by atoms with van der Waals surface area (Å²) in [6.45, 7) is 7.95. The van der Waals surface area contributed by atoms with Crippen LogP contribution in [0.25, 0.3) is 0 Å². The third-order valence-electron chi connectivity index (χ3n) is 2.99. The van der Waals surface area contributed by atoms with E-state index >= 15 is 0 Å². The van der Waals surface area contributed by atoms with Gasteiger partial charge in [0.25, 0.3) is 0 Å². The van der Waals surface area contributed by atoms with Crippen molar-refractivity contribution in [2.45, 2.75) is 51.9 Å². The first-order valence-corrected chi connectivity index (χ1v) is 5.64. The maximum Gasteiger partial charge on any atom is 0.0700 e. The Kier molecular flexibility index (Phi) is 4.85. The fourth-order valence-electron chi connectivity index (χ4n) is 1.75. The van der Waals surface area contributed by atoms with Gasteiger partial charge in [0.15, 0.2) is 0 Å². The van der Waals surface area contributed by atoms with Crippen LogP contribution in [-0.2, 0) is 4.74 Å². The molecule has 1 fully saturated rings. The lowest BCUT2D eigenvalue weighted by Crippen LogP contribution is -2.36. The maximum absolute atomic E-state index is 9.60. The Balaban J connectivity index is 2.09. The summed E-state index contributed by atoms with van der Waals surface area (Å²) in [5.41, 5.74) is 0. The second kappa shape index (κ2) is 5.69. The number of nitrogens with one attached hydrogen (secondary N) is 1. The van der Waals surface area contributed by atoms with E-state index in [0.29, 0.717) is 18.1 Å². The lowest BCUT2D eigenvalue weighted by atomic mass is 10.0. The van der Waals surface area contributed by atoms with E-state index in [1.807, 2.05) is 13.8 Å². The Morgan fingerprint density at radius 1 is 1.50 bits per heavy atom. The molecule has 0 aromatic heterocycles. The van der Waals surface area contributed by atoms with Crippen LogP contribution in [-0.4, -0.2) is 36.5 Å². The summed E-state index contributed by atoms with van der Waals surface area (Å²) in [6.07, 6.45) is 2.08. The molecule has 0 aromatic rings. The first-order valence-electron chi connectivity index (χ1n) is 5.64. The third kappa shape index (κ3) is 3.56. The Morgan fingerprint density at radius 3 is 2.71 bits per heavy atom. The Bertz CT molecular complexity index is 161. The van der Waals surface area contributed by atoms with Gasteiger partial charge < -0.3 is 15.2 Å². The first kappa shape index (κ1) is 12.0. The Hall–Kier alpha value is -0.120. The van der Waals surface area contributed by atoms with Gasteiger partial charge in [-0.3, -0.25) is 0 Å². The van der Waals surface area contributed by atoms with E-state index in [4.69, 9.17) is 4.74 Å². The first-order chi connectivity index (χ1) is 6.61. The van der Waals surface area contributed by atoms with Gasteiger partial charge in [-0.1, -0.05) is 13.8 Å². The highest BCUT2D eigenvalue weighted by molar-refractivity contribution is 4.79. The van der Waals surface area contributed by atoms with Crippen LogP contribution in [0.15, 0.2) is 0 Å². The molecule has 2 N–H and O–H groups in total. The fraction of sp³-hybridized carbons (Fsp3) is 1.00. The van der Waals surface area contributed by atoms with Gasteiger partial charge in [-0.25, -0.2) is 0 Å². The van der Waals surface area contributed by atoms with E-state index < -0.39 is 0 Å². The van der Waals surface area contributed by atoms with E-state index in [2.05, 4.69) is 12.2 Å². The minimum atomic E-state index is -0.180. The van der Waals surface area contributed by atoms with Crippen molar-refractivity contribution >= 4 is 0 Å². The molecule has 0 spiro atoms. The van der Waals surface area contributed by atoms with Crippen LogP contribution < -0.4 is 5.32 Å². The molecule has 0 aliphatic carbocycles. The number of aliphatic hydroxyl groups excluding tert-OH is 1. The number of ether oxygens (including phenoxy) is 1. The number of hydrogen-bond donors (Lipinski definition) is 2. The smallest absolute Gasteiger partial charge is 0.0700 e. The molecule has 3 unspecified atom stereocenters. The zero-order valence-electron chi connectivity index (χ0n) is 9.49. The summed E-state index contributed by atoms with van der Waals surface area (Å²) in [5.74, 6) is 0.356. The number of rotatable bonds is 5. The summed E-state index contributed by atoms with van der Waals surface area (Å²) >= 11 is 0. The quantitative estimate of drug-likeness (QED) is 0.701. The second-order valence-corrected chi connectivity index (χ2v) is 4.53. The summed E-state index contributed by atoms with van der Waals surface area (Å²) in [7, 11) is 0. The monoisotopic (exact) mass is 201 g/mol. The molecule has 0 bridgehead atoms. The molecule has 3 nitrogen and oxygen atoms in total. The second-order valence-electron chi connectivity index (χ2n) is 4.53. The van der Waals surface area contributed by atoms with Gasteiger partial charge in [-0.05, 0) is 32.2 Å². The molecule has 84 valence electrons. The van der Waals surface area contributed by atoms with E-state index in [1.54, 1.807) is 0 Å². The highest BCUT2D eigenvalue weighted by atomic mass is 16.5. The highest BCUT2D eigenvalue weighted by Crippen LogP contribution is 2.13. The fourth-order valence-corrected chi connectivity index (χ4v) is 1.75. The third-order valence-corrected chi connectivity index (χ3v) is 2.99. The van der Waals surface area contributed by atoms with Crippen molar-refractivity contribution in [1.29, 1.82) is 0 Å². The van der Waals surface area contributed by atoms with Crippen molar-refractivity contribution in [3.8, 4) is 0 Å². The molecule has 0 amide bonds. The van der Waals surface area contributed by atoms with Crippen molar-refractivity contribution in [2.24, 2.45) is 5.92 Å². The standard InChI is InChI=1S/C11H23NO2/c1-8(2)11(13)4-6-12-10-5-7-14-9(10)3/h8-13H,4-7H2,1-3H3. The molecular formula is C11H23NO2. The summed E-state index contributed by atoms with van der Waals surface area (Å²) < 4.78 is 5.45. The molecule has 14 heavy (non-hydrogen) atoms. The average molecular weight is 201 g/mol. The minimum Gasteiger partial charge on any atom is -0.393 e. The van der Waals surface area contributed by atoms with Crippen LogP contribution in [0.4, 0.5) is 0 Å². The summed E-state index contributed by atoms with van der Waals surface area (Å²) in [6, 6.07) is 0.481. The lowest BCUT2D eigenvalue weighted by molar-refractivity contribution is 0.103. The highest BCUT2D eigenvalue weighted by Gasteiger charge is 2.23. The SMILES string of the molecule is CC(C)C(O)CCNC1CCOC1C. The van der Waals surface area contributed by atoms with Crippen molar-refractivity contribution in [1.82, 2.24) is 5.32 Å². The van der Waals surface area contributed by atoms with Crippen LogP contribution >= 0.6 is 0 Å². The topological polar surface area (TPSA) is 41.5 Å². The van der Waals surface area contributed by atoms with Gasteiger partial charge >= 0.3 is 0 Å². The van der Waals surface area contributed by atoms with E-state index in [-0.39, 0.29) is 6.10 Å². The lowest BCUT2D eigenvalue weighted by Gasteiger charge is -2.19. The van der Waals surface area contributed by atoms with Crippen LogP contribution in [0.5, 0.6) is 0 Å². The van der Waals surface area contributed by atoms with E-state index in [9.17, 15) is 5.11 Å². The average Bonchev–Trinajstić information content (AvgIpc) is 2.51. The van der Waals surface area contributed by atoms with Crippen LogP contribution in [0.3, 0.4) is 0 Å². The van der Waals surface area contributed by atoms with Gasteiger partial charge in [0.2, 0.25) is 0 Å². The van der Waals surface area contributed by atoms with Gasteiger partial charge in [0.05, 0.1) is 12.2 Å². The van der Waals surface area contributed by atoms with Crippen LogP contribution in [0, 0.1) is 5.92 Å². The molecule has 1 aliphatic heterocycles. The predicted octanol–water partition coefficient (Wildman–Crippen LogP) is 1.16. The molecule has 0 saturated carbocycles. The Morgan fingerprint density at radius 2 is 2.21 bits per heavy atom. The molecule has 3 atom stereocenters. The molecular weight excluding hydrogens is 178 g/mol. The molecule has 1 heterocycles. The van der Waals surface area contributed by atoms with Crippen molar-refractivity contribution in [3.05, 3.63) is 0 Å². The maximum atomic E-state index is 9.60. The zero-order valence-corrected chi connectivity index (χ0v) is 9.49. The van der Waals surface area contributed by atoms with E-state index in [1.165, 1.54) is 0 Å². The summed E-state index contributed by atoms with van der Waals surface area (Å²) in [5, 5.41) is 13.0. The molecule has 1 rings (SSSR count). The molecule has 0 radical (unpaired) electrons. The number of hydrogen-bond acceptors (Lipinski definition) is 3. The molecule has 1 aliphatic rings. The van der Waals surface area contributed by atoms with Gasteiger partial charge in [-0.2, -0.15) is 0 Å². The van der Waals surface area contributed by atoms with E-state index in [0.717, 1.165) is 26.0 Å².